The number of carbonyl (C=O) groups is 1. The molecule has 0 radical (unpaired) electrons. The summed E-state index contributed by atoms with van der Waals surface area (Å²) < 4.78 is 2.82. The molecule has 0 fully saturated rings. The van der Waals surface area contributed by atoms with Crippen molar-refractivity contribution in [1.82, 2.24) is 19.7 Å². The highest BCUT2D eigenvalue weighted by atomic mass is 32.1. The fourth-order valence-electron chi connectivity index (χ4n) is 3.33. The molecular formula is C22H23N5OS. The first-order chi connectivity index (χ1) is 14.0. The standard InChI is InChI=1S/C22H23N5OS/c1-5-27-18(11-15(3)25-27)21(28)26(13-17-7-6-10-23-12-17)22-24-20-16(4)14(2)8-9-19(20)29-22/h6-12H,5,13H2,1-4H3. The smallest absolute Gasteiger partial charge is 0.278 e. The zero-order valence-corrected chi connectivity index (χ0v) is 17.8. The number of hydrogen-bond donors (Lipinski definition) is 0. The first-order valence-electron chi connectivity index (χ1n) is 9.60. The van der Waals surface area contributed by atoms with Gasteiger partial charge in [0.1, 0.15) is 5.69 Å². The molecule has 3 aromatic heterocycles. The first-order valence-corrected chi connectivity index (χ1v) is 10.4. The Balaban J connectivity index is 1.82. The predicted octanol–water partition coefficient (Wildman–Crippen LogP) is 4.68. The van der Waals surface area contributed by atoms with Crippen LogP contribution in [0, 0.1) is 20.8 Å². The Labute approximate surface area is 173 Å². The molecule has 29 heavy (non-hydrogen) atoms. The molecule has 6 nitrogen and oxygen atoms in total. The van der Waals surface area contributed by atoms with Gasteiger partial charge in [-0.3, -0.25) is 19.4 Å². The Kier molecular flexibility index (Phi) is 5.15. The number of benzene rings is 1. The van der Waals surface area contributed by atoms with E-state index in [0.717, 1.165) is 27.0 Å². The van der Waals surface area contributed by atoms with E-state index in [4.69, 9.17) is 4.98 Å². The highest BCUT2D eigenvalue weighted by molar-refractivity contribution is 7.22. The molecule has 0 N–H and O–H groups in total. The third-order valence-electron chi connectivity index (χ3n) is 5.03. The van der Waals surface area contributed by atoms with Crippen molar-refractivity contribution in [2.24, 2.45) is 0 Å². The summed E-state index contributed by atoms with van der Waals surface area (Å²) >= 11 is 1.53. The monoisotopic (exact) mass is 405 g/mol. The van der Waals surface area contributed by atoms with Crippen LogP contribution in [0.15, 0.2) is 42.7 Å². The summed E-state index contributed by atoms with van der Waals surface area (Å²) in [5.41, 5.74) is 5.64. The van der Waals surface area contributed by atoms with Gasteiger partial charge in [-0.1, -0.05) is 23.5 Å². The minimum absolute atomic E-state index is 0.107. The lowest BCUT2D eigenvalue weighted by molar-refractivity contribution is 0.0975. The minimum atomic E-state index is -0.107. The molecule has 3 heterocycles. The lowest BCUT2D eigenvalue weighted by Crippen LogP contribution is -2.32. The van der Waals surface area contributed by atoms with Crippen LogP contribution >= 0.6 is 11.3 Å². The van der Waals surface area contributed by atoms with E-state index in [1.807, 2.05) is 32.0 Å². The van der Waals surface area contributed by atoms with E-state index in [0.29, 0.717) is 23.9 Å². The lowest BCUT2D eigenvalue weighted by atomic mass is 10.1. The number of aryl methyl sites for hydroxylation is 4. The van der Waals surface area contributed by atoms with E-state index in [1.165, 1.54) is 16.9 Å². The number of pyridine rings is 1. The molecule has 4 rings (SSSR count). The average Bonchev–Trinajstić information content (AvgIpc) is 3.33. The van der Waals surface area contributed by atoms with Crippen LogP contribution in [0.3, 0.4) is 0 Å². The van der Waals surface area contributed by atoms with Gasteiger partial charge in [0.2, 0.25) is 0 Å². The van der Waals surface area contributed by atoms with Gasteiger partial charge in [0, 0.05) is 18.9 Å². The molecule has 1 amide bonds. The topological polar surface area (TPSA) is 63.9 Å². The molecule has 0 aliphatic rings. The van der Waals surface area contributed by atoms with Crippen LogP contribution in [0.5, 0.6) is 0 Å². The summed E-state index contributed by atoms with van der Waals surface area (Å²) in [6, 6.07) is 9.86. The second-order valence-electron chi connectivity index (χ2n) is 7.09. The van der Waals surface area contributed by atoms with Crippen LogP contribution in [0.25, 0.3) is 10.2 Å². The van der Waals surface area contributed by atoms with Crippen LogP contribution in [0.1, 0.15) is 39.8 Å². The highest BCUT2D eigenvalue weighted by Gasteiger charge is 2.25. The number of fused-ring (bicyclic) bond motifs is 1. The Bertz CT molecular complexity index is 1180. The van der Waals surface area contributed by atoms with Crippen LogP contribution in [0.2, 0.25) is 0 Å². The molecule has 0 saturated heterocycles. The van der Waals surface area contributed by atoms with Gasteiger partial charge in [-0.25, -0.2) is 4.98 Å². The molecule has 0 saturated carbocycles. The largest absolute Gasteiger partial charge is 0.278 e. The maximum Gasteiger partial charge on any atom is 0.278 e. The Morgan fingerprint density at radius 1 is 1.21 bits per heavy atom. The molecule has 4 aromatic rings. The Morgan fingerprint density at radius 2 is 2.03 bits per heavy atom. The Hall–Kier alpha value is -3.06. The van der Waals surface area contributed by atoms with Crippen molar-refractivity contribution in [3.05, 3.63) is 70.8 Å². The quantitative estimate of drug-likeness (QED) is 0.484. The second-order valence-corrected chi connectivity index (χ2v) is 8.10. The number of nitrogens with zero attached hydrogens (tertiary/aromatic N) is 5. The molecular weight excluding hydrogens is 382 g/mol. The summed E-state index contributed by atoms with van der Waals surface area (Å²) in [4.78, 5) is 24.4. The van der Waals surface area contributed by atoms with Crippen molar-refractivity contribution in [2.75, 3.05) is 4.90 Å². The number of carbonyl (C=O) groups excluding carboxylic acids is 1. The summed E-state index contributed by atoms with van der Waals surface area (Å²) in [6.07, 6.45) is 3.51. The van der Waals surface area contributed by atoms with Crippen LogP contribution in [-0.2, 0) is 13.1 Å². The van der Waals surface area contributed by atoms with E-state index in [2.05, 4.69) is 36.1 Å². The van der Waals surface area contributed by atoms with Gasteiger partial charge in [0.05, 0.1) is 22.5 Å². The fourth-order valence-corrected chi connectivity index (χ4v) is 4.35. The number of rotatable bonds is 5. The Morgan fingerprint density at radius 3 is 2.76 bits per heavy atom. The number of aromatic nitrogens is 4. The predicted molar refractivity (Wildman–Crippen MR) is 116 cm³/mol. The lowest BCUT2D eigenvalue weighted by Gasteiger charge is -2.20. The minimum Gasteiger partial charge on any atom is -0.278 e. The van der Waals surface area contributed by atoms with Gasteiger partial charge in [0.25, 0.3) is 5.91 Å². The number of hydrogen-bond acceptors (Lipinski definition) is 5. The van der Waals surface area contributed by atoms with Gasteiger partial charge in [-0.2, -0.15) is 5.10 Å². The molecule has 0 aliphatic heterocycles. The van der Waals surface area contributed by atoms with Gasteiger partial charge < -0.3 is 0 Å². The number of amides is 1. The normalized spacial score (nSPS) is 11.2. The molecule has 7 heteroatoms. The zero-order valence-electron chi connectivity index (χ0n) is 17.0. The highest BCUT2D eigenvalue weighted by Crippen LogP contribution is 2.33. The van der Waals surface area contributed by atoms with Gasteiger partial charge in [-0.15, -0.1) is 0 Å². The third-order valence-corrected chi connectivity index (χ3v) is 6.08. The van der Waals surface area contributed by atoms with Gasteiger partial charge in [-0.05, 0) is 62.6 Å². The van der Waals surface area contributed by atoms with Crippen LogP contribution < -0.4 is 4.90 Å². The maximum atomic E-state index is 13.6. The van der Waals surface area contributed by atoms with E-state index in [-0.39, 0.29) is 5.91 Å². The molecule has 0 aliphatic carbocycles. The summed E-state index contributed by atoms with van der Waals surface area (Å²) in [6.45, 7) is 9.07. The SMILES string of the molecule is CCn1nc(C)cc1C(=O)N(Cc1cccnc1)c1nc2c(C)c(C)ccc2s1. The van der Waals surface area contributed by atoms with Crippen LogP contribution in [-0.4, -0.2) is 25.7 Å². The molecule has 0 atom stereocenters. The summed E-state index contributed by atoms with van der Waals surface area (Å²) in [5.74, 6) is -0.107. The molecule has 0 spiro atoms. The molecule has 0 bridgehead atoms. The maximum absolute atomic E-state index is 13.6. The van der Waals surface area contributed by atoms with Crippen molar-refractivity contribution in [2.45, 2.75) is 40.8 Å². The van der Waals surface area contributed by atoms with Crippen molar-refractivity contribution >= 4 is 32.6 Å². The van der Waals surface area contributed by atoms with Crippen molar-refractivity contribution in [1.29, 1.82) is 0 Å². The first kappa shape index (κ1) is 19.3. The van der Waals surface area contributed by atoms with Crippen molar-refractivity contribution in [3.63, 3.8) is 0 Å². The van der Waals surface area contributed by atoms with E-state index < -0.39 is 0 Å². The average molecular weight is 406 g/mol. The molecule has 0 unspecified atom stereocenters. The van der Waals surface area contributed by atoms with Gasteiger partial charge in [0.15, 0.2) is 5.13 Å². The van der Waals surface area contributed by atoms with E-state index in [9.17, 15) is 4.79 Å². The molecule has 148 valence electrons. The van der Waals surface area contributed by atoms with Crippen LogP contribution in [0.4, 0.5) is 5.13 Å². The van der Waals surface area contributed by atoms with Crippen molar-refractivity contribution in [3.8, 4) is 0 Å². The molecule has 1 aromatic carbocycles. The van der Waals surface area contributed by atoms with E-state index in [1.54, 1.807) is 22.0 Å². The van der Waals surface area contributed by atoms with E-state index >= 15 is 0 Å². The second kappa shape index (κ2) is 7.75. The number of thiazole rings is 1. The van der Waals surface area contributed by atoms with Gasteiger partial charge >= 0.3 is 0 Å². The number of anilines is 1. The summed E-state index contributed by atoms with van der Waals surface area (Å²) in [5, 5.41) is 5.13. The summed E-state index contributed by atoms with van der Waals surface area (Å²) in [7, 11) is 0. The third kappa shape index (κ3) is 3.65. The zero-order chi connectivity index (χ0) is 20.5. The fraction of sp³-hybridized carbons (Fsp3) is 0.273. The van der Waals surface area contributed by atoms with Crippen molar-refractivity contribution < 1.29 is 4.79 Å².